The summed E-state index contributed by atoms with van der Waals surface area (Å²) in [7, 11) is 0. The van der Waals surface area contributed by atoms with Gasteiger partial charge in [-0.05, 0) is 79.4 Å². The second-order valence-electron chi connectivity index (χ2n) is 14.1. The summed E-state index contributed by atoms with van der Waals surface area (Å²) in [6.07, 6.45) is 13.8. The van der Waals surface area contributed by atoms with Gasteiger partial charge in [-0.3, -0.25) is 14.4 Å². The number of allylic oxidation sites excluding steroid dienone is 3. The van der Waals surface area contributed by atoms with Crippen molar-refractivity contribution in [3.8, 4) is 0 Å². The van der Waals surface area contributed by atoms with Crippen molar-refractivity contribution in [2.75, 3.05) is 6.54 Å². The van der Waals surface area contributed by atoms with Crippen molar-refractivity contribution in [2.45, 2.75) is 118 Å². The van der Waals surface area contributed by atoms with Gasteiger partial charge in [-0.25, -0.2) is 0 Å². The number of carbonyl (C=O) groups is 3. The van der Waals surface area contributed by atoms with E-state index in [-0.39, 0.29) is 40.7 Å². The third-order valence-electron chi connectivity index (χ3n) is 11.9. The summed E-state index contributed by atoms with van der Waals surface area (Å²) in [5.74, 6) is 1.40. The summed E-state index contributed by atoms with van der Waals surface area (Å²) in [5.41, 5.74) is 2.44. The van der Waals surface area contributed by atoms with E-state index in [9.17, 15) is 14.4 Å². The first-order valence-corrected chi connectivity index (χ1v) is 15.4. The van der Waals surface area contributed by atoms with Crippen molar-refractivity contribution in [1.29, 1.82) is 0 Å². The molecule has 0 aromatic heterocycles. The number of likely N-dealkylation sites (tertiary alicyclic amines) is 1. The lowest BCUT2D eigenvalue weighted by Gasteiger charge is -2.57. The minimum absolute atomic E-state index is 0.00208. The summed E-state index contributed by atoms with van der Waals surface area (Å²) in [4.78, 5) is 38.9. The number of rotatable bonds is 4. The molecule has 3 saturated carbocycles. The van der Waals surface area contributed by atoms with Crippen LogP contribution in [0.15, 0.2) is 23.3 Å². The Morgan fingerprint density at radius 1 is 0.923 bits per heavy atom. The van der Waals surface area contributed by atoms with Crippen LogP contribution in [-0.4, -0.2) is 41.1 Å². The lowest BCUT2D eigenvalue weighted by molar-refractivity contribution is -0.223. The van der Waals surface area contributed by atoms with Gasteiger partial charge in [-0.15, -0.1) is 0 Å². The number of fused-ring (bicyclic) bond motifs is 5. The van der Waals surface area contributed by atoms with Crippen LogP contribution in [0, 0.1) is 40.4 Å². The average molecular weight is 540 g/mol. The summed E-state index contributed by atoms with van der Waals surface area (Å²) in [6, 6.07) is 0. The van der Waals surface area contributed by atoms with E-state index in [4.69, 9.17) is 9.47 Å². The number of nitrogens with zero attached hydrogens (tertiary/aromatic N) is 1. The Bertz CT molecular complexity index is 1090. The molecular formula is C33H49NO5. The molecule has 0 aromatic rings. The van der Waals surface area contributed by atoms with Crippen molar-refractivity contribution in [1.82, 2.24) is 4.90 Å². The Hall–Kier alpha value is -2.11. The quantitative estimate of drug-likeness (QED) is 0.377. The van der Waals surface area contributed by atoms with E-state index in [0.29, 0.717) is 36.6 Å². The molecule has 5 aliphatic rings. The van der Waals surface area contributed by atoms with Gasteiger partial charge in [0.1, 0.15) is 6.10 Å². The van der Waals surface area contributed by atoms with Crippen LogP contribution in [0.25, 0.3) is 0 Å². The molecular weight excluding hydrogens is 490 g/mol. The Labute approximate surface area is 234 Å². The molecule has 4 aliphatic carbocycles. The van der Waals surface area contributed by atoms with Gasteiger partial charge in [0.2, 0.25) is 5.91 Å². The van der Waals surface area contributed by atoms with Crippen LogP contribution in [-0.2, 0) is 23.9 Å². The maximum atomic E-state index is 13.0. The summed E-state index contributed by atoms with van der Waals surface area (Å²) in [5, 5.41) is 0. The molecule has 6 heteroatoms. The van der Waals surface area contributed by atoms with Crippen LogP contribution in [0.3, 0.4) is 0 Å². The van der Waals surface area contributed by atoms with Crippen LogP contribution in [0.5, 0.6) is 0 Å². The second-order valence-corrected chi connectivity index (χ2v) is 14.1. The van der Waals surface area contributed by atoms with Crippen molar-refractivity contribution < 1.29 is 23.9 Å². The molecule has 0 radical (unpaired) electrons. The molecule has 9 unspecified atom stereocenters. The highest BCUT2D eigenvalue weighted by Crippen LogP contribution is 2.67. The molecule has 1 aliphatic heterocycles. The Morgan fingerprint density at radius 3 is 2.33 bits per heavy atom. The molecule has 39 heavy (non-hydrogen) atoms. The number of piperidine rings is 1. The lowest BCUT2D eigenvalue weighted by atomic mass is 9.49. The van der Waals surface area contributed by atoms with Gasteiger partial charge in [-0.2, -0.15) is 0 Å². The molecule has 9 atom stereocenters. The monoisotopic (exact) mass is 539 g/mol. The standard InChI is InChI=1S/C33H49NO5/c1-20-12-17-33(39-24(5)37,34(19-20)22(3)35)21(2)28-10-11-29-27-9-8-25-18-26(38-23(4)36)13-15-31(25,6)30(27)14-16-32(28,29)7/h8-9,20-21,26,28-30H,10-19H2,1-7H3. The highest BCUT2D eigenvalue weighted by molar-refractivity contribution is 5.75. The zero-order valence-corrected chi connectivity index (χ0v) is 25.2. The van der Waals surface area contributed by atoms with Crippen molar-refractivity contribution in [3.05, 3.63) is 23.3 Å². The molecule has 4 fully saturated rings. The van der Waals surface area contributed by atoms with Crippen LogP contribution in [0.2, 0.25) is 0 Å². The van der Waals surface area contributed by atoms with E-state index >= 15 is 0 Å². The number of amides is 1. The Morgan fingerprint density at radius 2 is 1.67 bits per heavy atom. The molecule has 5 rings (SSSR count). The fraction of sp³-hybridized carbons (Fsp3) is 0.788. The van der Waals surface area contributed by atoms with Gasteiger partial charge in [0.15, 0.2) is 5.72 Å². The molecule has 1 heterocycles. The van der Waals surface area contributed by atoms with Crippen LogP contribution in [0.1, 0.15) is 106 Å². The largest absolute Gasteiger partial charge is 0.462 e. The minimum Gasteiger partial charge on any atom is -0.462 e. The van der Waals surface area contributed by atoms with E-state index in [1.807, 2.05) is 4.90 Å². The fourth-order valence-electron chi connectivity index (χ4n) is 9.94. The zero-order chi connectivity index (χ0) is 28.3. The van der Waals surface area contributed by atoms with Crippen molar-refractivity contribution in [2.24, 2.45) is 40.4 Å². The van der Waals surface area contributed by atoms with Gasteiger partial charge in [-0.1, -0.05) is 51.0 Å². The Balaban J connectivity index is 1.45. The molecule has 1 saturated heterocycles. The maximum Gasteiger partial charge on any atom is 0.304 e. The van der Waals surface area contributed by atoms with Crippen LogP contribution < -0.4 is 0 Å². The highest BCUT2D eigenvalue weighted by Gasteiger charge is 2.61. The van der Waals surface area contributed by atoms with Gasteiger partial charge >= 0.3 is 11.9 Å². The van der Waals surface area contributed by atoms with Crippen LogP contribution >= 0.6 is 0 Å². The third-order valence-corrected chi connectivity index (χ3v) is 11.9. The molecule has 0 N–H and O–H groups in total. The smallest absolute Gasteiger partial charge is 0.304 e. The van der Waals surface area contributed by atoms with E-state index < -0.39 is 5.72 Å². The first-order valence-electron chi connectivity index (χ1n) is 15.4. The lowest BCUT2D eigenvalue weighted by Crippen LogP contribution is -2.63. The molecule has 0 aromatic carbocycles. The molecule has 216 valence electrons. The third kappa shape index (κ3) is 4.58. The second kappa shape index (κ2) is 10.1. The number of esters is 2. The maximum absolute atomic E-state index is 13.0. The molecule has 6 nitrogen and oxygen atoms in total. The van der Waals surface area contributed by atoms with Crippen LogP contribution in [0.4, 0.5) is 0 Å². The molecule has 1 amide bonds. The first-order chi connectivity index (χ1) is 18.3. The SMILES string of the molecule is CC(=O)OC1CCC2(C)C(=CC=C3C2CCC2(C)C3CCC2C(C)C2(OC(C)=O)CCC(C)CN2C(C)=O)C1. The normalized spacial score (nSPS) is 42.2. The average Bonchev–Trinajstić information content (AvgIpc) is 3.21. The Kier molecular flexibility index (Phi) is 7.33. The zero-order valence-electron chi connectivity index (χ0n) is 25.2. The van der Waals surface area contributed by atoms with E-state index in [0.717, 1.165) is 51.4 Å². The summed E-state index contributed by atoms with van der Waals surface area (Å²) in [6.45, 7) is 14.6. The fourth-order valence-corrected chi connectivity index (χ4v) is 9.94. The van der Waals surface area contributed by atoms with Gasteiger partial charge in [0.25, 0.3) is 0 Å². The van der Waals surface area contributed by atoms with Gasteiger partial charge < -0.3 is 14.4 Å². The topological polar surface area (TPSA) is 72.9 Å². The molecule has 0 spiro atoms. The number of ether oxygens (including phenoxy) is 2. The number of hydrogen-bond acceptors (Lipinski definition) is 5. The van der Waals surface area contributed by atoms with Gasteiger partial charge in [0, 0.05) is 46.1 Å². The summed E-state index contributed by atoms with van der Waals surface area (Å²) >= 11 is 0. The predicted molar refractivity (Wildman–Crippen MR) is 150 cm³/mol. The highest BCUT2D eigenvalue weighted by atomic mass is 16.6. The minimum atomic E-state index is -0.862. The summed E-state index contributed by atoms with van der Waals surface area (Å²) < 4.78 is 11.8. The van der Waals surface area contributed by atoms with Crippen molar-refractivity contribution >= 4 is 17.8 Å². The van der Waals surface area contributed by atoms with E-state index in [2.05, 4.69) is 39.8 Å². The van der Waals surface area contributed by atoms with E-state index in [1.165, 1.54) is 19.4 Å². The number of hydrogen-bond donors (Lipinski definition) is 0. The first kappa shape index (κ1) is 28.4. The van der Waals surface area contributed by atoms with Crippen molar-refractivity contribution in [3.63, 3.8) is 0 Å². The molecule has 0 bridgehead atoms. The predicted octanol–water partition coefficient (Wildman–Crippen LogP) is 6.59. The van der Waals surface area contributed by atoms with Gasteiger partial charge in [0.05, 0.1) is 0 Å². The number of carbonyl (C=O) groups excluding carboxylic acids is 3. The van der Waals surface area contributed by atoms with E-state index in [1.54, 1.807) is 12.5 Å².